The van der Waals surface area contributed by atoms with Crippen molar-refractivity contribution in [2.24, 2.45) is 5.92 Å². The summed E-state index contributed by atoms with van der Waals surface area (Å²) in [5, 5.41) is 6.22. The molecule has 30 heavy (non-hydrogen) atoms. The van der Waals surface area contributed by atoms with Gasteiger partial charge in [0, 0.05) is 50.4 Å². The fourth-order valence-corrected chi connectivity index (χ4v) is 5.08. The molecule has 1 amide bonds. The van der Waals surface area contributed by atoms with Gasteiger partial charge in [0.25, 0.3) is 0 Å². The van der Waals surface area contributed by atoms with Crippen molar-refractivity contribution in [1.82, 2.24) is 20.2 Å². The highest BCUT2D eigenvalue weighted by Gasteiger charge is 2.31. The zero-order valence-corrected chi connectivity index (χ0v) is 18.4. The maximum atomic E-state index is 12.1. The van der Waals surface area contributed by atoms with Crippen LogP contribution in [0.2, 0.25) is 0 Å². The number of rotatable bonds is 7. The SMILES string of the molecule is CCC(=O)N[C@@H](c1nccs1)[C@@H]1CCCN(Cc2ccc(N3CCOCC3)nc2)C1. The van der Waals surface area contributed by atoms with Gasteiger partial charge in [-0.15, -0.1) is 11.3 Å². The maximum absolute atomic E-state index is 12.1. The molecule has 0 radical (unpaired) electrons. The second-order valence-electron chi connectivity index (χ2n) is 8.03. The van der Waals surface area contributed by atoms with Crippen molar-refractivity contribution in [3.63, 3.8) is 0 Å². The highest BCUT2D eigenvalue weighted by Crippen LogP contribution is 2.31. The highest BCUT2D eigenvalue weighted by atomic mass is 32.1. The van der Waals surface area contributed by atoms with E-state index >= 15 is 0 Å². The molecule has 4 heterocycles. The first-order valence-electron chi connectivity index (χ1n) is 10.9. The van der Waals surface area contributed by atoms with Gasteiger partial charge in [0.05, 0.1) is 19.3 Å². The molecular formula is C22H31N5O2S. The quantitative estimate of drug-likeness (QED) is 0.730. The van der Waals surface area contributed by atoms with Crippen LogP contribution in [0.15, 0.2) is 29.9 Å². The van der Waals surface area contributed by atoms with Gasteiger partial charge in [0.1, 0.15) is 10.8 Å². The summed E-state index contributed by atoms with van der Waals surface area (Å²) in [6, 6.07) is 4.32. The number of morpholine rings is 1. The summed E-state index contributed by atoms with van der Waals surface area (Å²) >= 11 is 1.63. The molecule has 0 aliphatic carbocycles. The third-order valence-corrected chi connectivity index (χ3v) is 6.78. The number of anilines is 1. The topological polar surface area (TPSA) is 70.6 Å². The molecule has 0 bridgehead atoms. The molecule has 2 aromatic rings. The van der Waals surface area contributed by atoms with Crippen molar-refractivity contribution in [1.29, 1.82) is 0 Å². The predicted octanol–water partition coefficient (Wildman–Crippen LogP) is 2.85. The molecule has 1 N–H and O–H groups in total. The Balaban J connectivity index is 1.38. The fourth-order valence-electron chi connectivity index (χ4n) is 4.30. The summed E-state index contributed by atoms with van der Waals surface area (Å²) in [5.41, 5.74) is 1.23. The summed E-state index contributed by atoms with van der Waals surface area (Å²) in [6.45, 7) is 8.17. The van der Waals surface area contributed by atoms with E-state index < -0.39 is 0 Å². The van der Waals surface area contributed by atoms with Crippen molar-refractivity contribution < 1.29 is 9.53 Å². The molecule has 162 valence electrons. The third-order valence-electron chi connectivity index (χ3n) is 5.92. The number of likely N-dealkylation sites (tertiary alicyclic amines) is 1. The van der Waals surface area contributed by atoms with Crippen molar-refractivity contribution in [3.05, 3.63) is 40.5 Å². The Labute approximate surface area is 182 Å². The van der Waals surface area contributed by atoms with E-state index in [1.54, 1.807) is 11.3 Å². The van der Waals surface area contributed by atoms with E-state index in [0.29, 0.717) is 12.3 Å². The number of amides is 1. The minimum absolute atomic E-state index is 0.00192. The Morgan fingerprint density at radius 3 is 2.87 bits per heavy atom. The lowest BCUT2D eigenvalue weighted by Gasteiger charge is -2.36. The van der Waals surface area contributed by atoms with Crippen LogP contribution in [0.4, 0.5) is 5.82 Å². The van der Waals surface area contributed by atoms with Crippen LogP contribution in [0.1, 0.15) is 42.8 Å². The van der Waals surface area contributed by atoms with Crippen LogP contribution in [0, 0.1) is 5.92 Å². The van der Waals surface area contributed by atoms with Gasteiger partial charge in [-0.25, -0.2) is 9.97 Å². The molecule has 0 unspecified atom stereocenters. The van der Waals surface area contributed by atoms with Crippen LogP contribution in [-0.2, 0) is 16.1 Å². The average molecular weight is 430 g/mol. The number of aromatic nitrogens is 2. The van der Waals surface area contributed by atoms with Gasteiger partial charge in [-0.2, -0.15) is 0 Å². The van der Waals surface area contributed by atoms with Crippen LogP contribution < -0.4 is 10.2 Å². The lowest BCUT2D eigenvalue weighted by atomic mass is 9.90. The third kappa shape index (κ3) is 5.36. The number of carbonyl (C=O) groups is 1. The number of piperidine rings is 1. The van der Waals surface area contributed by atoms with E-state index in [0.717, 1.165) is 69.6 Å². The van der Waals surface area contributed by atoms with Crippen LogP contribution in [0.3, 0.4) is 0 Å². The van der Waals surface area contributed by atoms with E-state index in [2.05, 4.69) is 32.2 Å². The molecule has 7 nitrogen and oxygen atoms in total. The largest absolute Gasteiger partial charge is 0.378 e. The Morgan fingerprint density at radius 2 is 2.17 bits per heavy atom. The van der Waals surface area contributed by atoms with Crippen LogP contribution in [-0.4, -0.2) is 60.2 Å². The van der Waals surface area contributed by atoms with Gasteiger partial charge in [0.2, 0.25) is 5.91 Å². The smallest absolute Gasteiger partial charge is 0.220 e. The number of nitrogens with one attached hydrogen (secondary N) is 1. The molecule has 2 aromatic heterocycles. The zero-order valence-electron chi connectivity index (χ0n) is 17.6. The molecule has 2 aliphatic rings. The number of hydrogen-bond acceptors (Lipinski definition) is 7. The molecule has 2 aliphatic heterocycles. The van der Waals surface area contributed by atoms with Crippen molar-refractivity contribution in [3.8, 4) is 0 Å². The van der Waals surface area contributed by atoms with E-state index in [1.165, 1.54) is 5.56 Å². The van der Waals surface area contributed by atoms with Gasteiger partial charge in [-0.05, 0) is 36.9 Å². The normalized spacial score (nSPS) is 21.4. The Bertz CT molecular complexity index is 792. The predicted molar refractivity (Wildman–Crippen MR) is 119 cm³/mol. The van der Waals surface area contributed by atoms with Gasteiger partial charge >= 0.3 is 0 Å². The number of carbonyl (C=O) groups excluding carboxylic acids is 1. The average Bonchev–Trinajstić information content (AvgIpc) is 3.33. The van der Waals surface area contributed by atoms with E-state index in [4.69, 9.17) is 9.72 Å². The lowest BCUT2D eigenvalue weighted by molar-refractivity contribution is -0.122. The zero-order chi connectivity index (χ0) is 20.8. The molecule has 2 atom stereocenters. The summed E-state index contributed by atoms with van der Waals surface area (Å²) in [4.78, 5) is 26.1. The standard InChI is InChI=1S/C22H31N5O2S/c1-2-20(28)25-21(22-23-7-13-30-22)18-4-3-8-26(16-18)15-17-5-6-19(24-14-17)27-9-11-29-12-10-27/h5-7,13-14,18,21H,2-4,8-12,15-16H2,1H3,(H,25,28)/t18-,21-/m1/s1. The van der Waals surface area contributed by atoms with Crippen molar-refractivity contribution in [2.45, 2.75) is 38.8 Å². The summed E-state index contributed by atoms with van der Waals surface area (Å²) in [5.74, 6) is 1.50. The second kappa shape index (κ2) is 10.3. The first-order valence-corrected chi connectivity index (χ1v) is 11.8. The number of nitrogens with zero attached hydrogens (tertiary/aromatic N) is 4. The maximum Gasteiger partial charge on any atom is 0.220 e. The monoisotopic (exact) mass is 429 g/mol. The first-order chi connectivity index (χ1) is 14.7. The number of pyridine rings is 1. The Hall–Kier alpha value is -2.03. The van der Waals surface area contributed by atoms with Gasteiger partial charge < -0.3 is 15.0 Å². The van der Waals surface area contributed by atoms with E-state index in [9.17, 15) is 4.79 Å². The minimum atomic E-state index is 0.00192. The van der Waals surface area contributed by atoms with Gasteiger partial charge in [-0.3, -0.25) is 9.69 Å². The number of thiazole rings is 1. The molecule has 4 rings (SSSR count). The highest BCUT2D eigenvalue weighted by molar-refractivity contribution is 7.09. The van der Waals surface area contributed by atoms with E-state index in [1.807, 2.05) is 24.7 Å². The molecule has 0 aromatic carbocycles. The molecule has 0 saturated carbocycles. The van der Waals surface area contributed by atoms with Gasteiger partial charge in [-0.1, -0.05) is 13.0 Å². The summed E-state index contributed by atoms with van der Waals surface area (Å²) < 4.78 is 5.43. The first kappa shape index (κ1) is 21.2. The summed E-state index contributed by atoms with van der Waals surface area (Å²) in [6.07, 6.45) is 6.57. The van der Waals surface area contributed by atoms with E-state index in [-0.39, 0.29) is 11.9 Å². The molecule has 8 heteroatoms. The second-order valence-corrected chi connectivity index (χ2v) is 8.96. The van der Waals surface area contributed by atoms with Crippen LogP contribution in [0.5, 0.6) is 0 Å². The van der Waals surface area contributed by atoms with Crippen LogP contribution >= 0.6 is 11.3 Å². The van der Waals surface area contributed by atoms with Crippen molar-refractivity contribution in [2.75, 3.05) is 44.3 Å². The van der Waals surface area contributed by atoms with Crippen molar-refractivity contribution >= 4 is 23.1 Å². The summed E-state index contributed by atoms with van der Waals surface area (Å²) in [7, 11) is 0. The number of hydrogen-bond donors (Lipinski definition) is 1. The number of ether oxygens (including phenoxy) is 1. The Kier molecular flexibility index (Phi) is 7.30. The molecular weight excluding hydrogens is 398 g/mol. The molecule has 2 saturated heterocycles. The minimum Gasteiger partial charge on any atom is -0.378 e. The molecule has 2 fully saturated rings. The van der Waals surface area contributed by atoms with Crippen LogP contribution in [0.25, 0.3) is 0 Å². The fraction of sp³-hybridized carbons (Fsp3) is 0.591. The molecule has 0 spiro atoms. The van der Waals surface area contributed by atoms with Gasteiger partial charge in [0.15, 0.2) is 0 Å². The lowest BCUT2D eigenvalue weighted by Crippen LogP contribution is -2.42. The Morgan fingerprint density at radius 1 is 1.30 bits per heavy atom.